The Kier molecular flexibility index (Phi) is 5.39. The number of carbonyl (C=O) groups excluding carboxylic acids is 2. The average molecular weight is 349 g/mol. The maximum Gasteiger partial charge on any atom is 0.335 e. The minimum atomic E-state index is -1.19. The van der Waals surface area contributed by atoms with Crippen molar-refractivity contribution >= 4 is 35.1 Å². The molecule has 124 valence electrons. The third kappa shape index (κ3) is 4.47. The standard InChI is InChI=1S/C16H13ClN2O5/c17-11-4-1-9(2-5-11)15(22)18-8-14(21)19-12-7-10(16(23)24)3-6-13(12)20/h1-7,20H,8H2,(H,18,22)(H,19,21)(H,23,24). The number of amides is 2. The molecule has 2 aromatic carbocycles. The van der Waals surface area contributed by atoms with E-state index >= 15 is 0 Å². The van der Waals surface area contributed by atoms with Crippen LogP contribution >= 0.6 is 11.6 Å². The van der Waals surface area contributed by atoms with E-state index in [1.165, 1.54) is 18.2 Å². The Morgan fingerprint density at radius 1 is 1.00 bits per heavy atom. The second-order valence-corrected chi connectivity index (χ2v) is 5.21. The number of aromatic carboxylic acids is 1. The predicted molar refractivity (Wildman–Crippen MR) is 87.5 cm³/mol. The van der Waals surface area contributed by atoms with Gasteiger partial charge in [0.25, 0.3) is 5.91 Å². The van der Waals surface area contributed by atoms with Crippen molar-refractivity contribution < 1.29 is 24.6 Å². The number of nitrogens with one attached hydrogen (secondary N) is 2. The molecule has 0 bridgehead atoms. The van der Waals surface area contributed by atoms with Crippen molar-refractivity contribution in [2.24, 2.45) is 0 Å². The summed E-state index contributed by atoms with van der Waals surface area (Å²) in [4.78, 5) is 34.6. The summed E-state index contributed by atoms with van der Waals surface area (Å²) in [5.41, 5.74) is 0.192. The van der Waals surface area contributed by atoms with E-state index in [-0.39, 0.29) is 23.5 Å². The Morgan fingerprint density at radius 2 is 1.62 bits per heavy atom. The Bertz CT molecular complexity index is 790. The van der Waals surface area contributed by atoms with Gasteiger partial charge in [0.15, 0.2) is 0 Å². The molecule has 0 saturated heterocycles. The van der Waals surface area contributed by atoms with Crippen LogP contribution < -0.4 is 10.6 Å². The molecule has 4 N–H and O–H groups in total. The van der Waals surface area contributed by atoms with Crippen LogP contribution in [0.4, 0.5) is 5.69 Å². The van der Waals surface area contributed by atoms with Crippen LogP contribution in [-0.4, -0.2) is 34.5 Å². The maximum atomic E-state index is 11.9. The highest BCUT2D eigenvalue weighted by molar-refractivity contribution is 6.30. The van der Waals surface area contributed by atoms with E-state index in [1.54, 1.807) is 12.1 Å². The van der Waals surface area contributed by atoms with E-state index in [4.69, 9.17) is 16.7 Å². The first-order chi connectivity index (χ1) is 11.4. The largest absolute Gasteiger partial charge is 0.506 e. The first-order valence-electron chi connectivity index (χ1n) is 6.77. The van der Waals surface area contributed by atoms with Crippen molar-refractivity contribution in [3.05, 3.63) is 58.6 Å². The maximum absolute atomic E-state index is 11.9. The molecular formula is C16H13ClN2O5. The highest BCUT2D eigenvalue weighted by atomic mass is 35.5. The van der Waals surface area contributed by atoms with Crippen LogP contribution in [0.1, 0.15) is 20.7 Å². The van der Waals surface area contributed by atoms with Crippen molar-refractivity contribution in [1.82, 2.24) is 5.32 Å². The van der Waals surface area contributed by atoms with Gasteiger partial charge in [-0.2, -0.15) is 0 Å². The van der Waals surface area contributed by atoms with Crippen LogP contribution in [0, 0.1) is 0 Å². The second-order valence-electron chi connectivity index (χ2n) is 4.77. The van der Waals surface area contributed by atoms with Gasteiger partial charge in [-0.25, -0.2) is 4.79 Å². The molecule has 0 spiro atoms. The third-order valence-corrected chi connectivity index (χ3v) is 3.29. The molecule has 0 fully saturated rings. The lowest BCUT2D eigenvalue weighted by Gasteiger charge is -2.09. The van der Waals surface area contributed by atoms with Gasteiger partial charge in [0.1, 0.15) is 5.75 Å². The lowest BCUT2D eigenvalue weighted by atomic mass is 10.2. The fraction of sp³-hybridized carbons (Fsp3) is 0.0625. The molecule has 8 heteroatoms. The molecule has 0 saturated carbocycles. The van der Waals surface area contributed by atoms with Gasteiger partial charge in [-0.05, 0) is 42.5 Å². The number of carboxylic acid groups (broad SMARTS) is 1. The number of phenolic OH excluding ortho intramolecular Hbond substituents is 1. The van der Waals surface area contributed by atoms with Crippen molar-refractivity contribution in [2.45, 2.75) is 0 Å². The Morgan fingerprint density at radius 3 is 2.25 bits per heavy atom. The van der Waals surface area contributed by atoms with Gasteiger partial charge in [-0.3, -0.25) is 9.59 Å². The number of hydrogen-bond acceptors (Lipinski definition) is 4. The fourth-order valence-electron chi connectivity index (χ4n) is 1.83. The molecule has 0 aliphatic carbocycles. The molecule has 0 aromatic heterocycles. The average Bonchev–Trinajstić information content (AvgIpc) is 2.55. The van der Waals surface area contributed by atoms with E-state index in [9.17, 15) is 19.5 Å². The minimum Gasteiger partial charge on any atom is -0.506 e. The Labute approximate surface area is 141 Å². The van der Waals surface area contributed by atoms with Crippen LogP contribution in [0.25, 0.3) is 0 Å². The number of aromatic hydroxyl groups is 1. The van der Waals surface area contributed by atoms with Gasteiger partial charge in [0, 0.05) is 10.6 Å². The summed E-state index contributed by atoms with van der Waals surface area (Å²) >= 11 is 5.72. The van der Waals surface area contributed by atoms with E-state index in [0.29, 0.717) is 10.6 Å². The van der Waals surface area contributed by atoms with Crippen LogP contribution in [0.2, 0.25) is 5.02 Å². The molecule has 0 unspecified atom stereocenters. The number of halogens is 1. The highest BCUT2D eigenvalue weighted by Crippen LogP contribution is 2.24. The summed E-state index contributed by atoms with van der Waals surface area (Å²) in [7, 11) is 0. The zero-order valence-corrected chi connectivity index (χ0v) is 13.0. The summed E-state index contributed by atoms with van der Waals surface area (Å²) in [6.07, 6.45) is 0. The number of anilines is 1. The Balaban J connectivity index is 1.96. The number of carboxylic acids is 1. The zero-order valence-electron chi connectivity index (χ0n) is 12.2. The second kappa shape index (κ2) is 7.47. The first-order valence-corrected chi connectivity index (χ1v) is 7.14. The van der Waals surface area contributed by atoms with Gasteiger partial charge in [-0.15, -0.1) is 0 Å². The number of carbonyl (C=O) groups is 3. The predicted octanol–water partition coefficient (Wildman–Crippen LogP) is 2.11. The molecular weight excluding hydrogens is 336 g/mol. The van der Waals surface area contributed by atoms with Crippen molar-refractivity contribution in [3.8, 4) is 5.75 Å². The summed E-state index contributed by atoms with van der Waals surface area (Å²) in [6.45, 7) is -0.349. The van der Waals surface area contributed by atoms with Crippen LogP contribution in [0.5, 0.6) is 5.75 Å². The molecule has 2 rings (SSSR count). The van der Waals surface area contributed by atoms with Gasteiger partial charge in [-0.1, -0.05) is 11.6 Å². The molecule has 0 radical (unpaired) electrons. The number of rotatable bonds is 5. The summed E-state index contributed by atoms with van der Waals surface area (Å²) in [5.74, 6) is -2.56. The topological polar surface area (TPSA) is 116 Å². The summed E-state index contributed by atoms with van der Waals surface area (Å²) in [5, 5.41) is 23.8. The zero-order chi connectivity index (χ0) is 17.7. The van der Waals surface area contributed by atoms with Gasteiger partial charge in [0.2, 0.25) is 5.91 Å². The Hall–Kier alpha value is -3.06. The first kappa shape index (κ1) is 17.3. The lowest BCUT2D eigenvalue weighted by molar-refractivity contribution is -0.115. The number of hydrogen-bond donors (Lipinski definition) is 4. The summed E-state index contributed by atoms with van der Waals surface area (Å²) in [6, 6.07) is 9.60. The molecule has 0 heterocycles. The van der Waals surface area contributed by atoms with Crippen LogP contribution in [0.3, 0.4) is 0 Å². The molecule has 0 aliphatic heterocycles. The van der Waals surface area contributed by atoms with Crippen LogP contribution in [-0.2, 0) is 4.79 Å². The van der Waals surface area contributed by atoms with Crippen molar-refractivity contribution in [3.63, 3.8) is 0 Å². The lowest BCUT2D eigenvalue weighted by Crippen LogP contribution is -2.32. The molecule has 0 atom stereocenters. The monoisotopic (exact) mass is 348 g/mol. The fourth-order valence-corrected chi connectivity index (χ4v) is 1.95. The smallest absolute Gasteiger partial charge is 0.335 e. The number of benzene rings is 2. The van der Waals surface area contributed by atoms with Gasteiger partial charge >= 0.3 is 5.97 Å². The van der Waals surface area contributed by atoms with Crippen molar-refractivity contribution in [2.75, 3.05) is 11.9 Å². The van der Waals surface area contributed by atoms with E-state index < -0.39 is 17.8 Å². The molecule has 24 heavy (non-hydrogen) atoms. The number of phenols is 1. The molecule has 2 amide bonds. The molecule has 2 aromatic rings. The SMILES string of the molecule is O=C(CNC(=O)c1ccc(Cl)cc1)Nc1cc(C(=O)O)ccc1O. The molecule has 0 aliphatic rings. The molecule has 7 nitrogen and oxygen atoms in total. The quantitative estimate of drug-likeness (QED) is 0.618. The third-order valence-electron chi connectivity index (χ3n) is 3.03. The van der Waals surface area contributed by atoms with E-state index in [1.807, 2.05) is 0 Å². The normalized spacial score (nSPS) is 10.0. The van der Waals surface area contributed by atoms with Gasteiger partial charge < -0.3 is 20.8 Å². The van der Waals surface area contributed by atoms with E-state index in [0.717, 1.165) is 12.1 Å². The van der Waals surface area contributed by atoms with Gasteiger partial charge in [0.05, 0.1) is 17.8 Å². The summed E-state index contributed by atoms with van der Waals surface area (Å²) < 4.78 is 0. The van der Waals surface area contributed by atoms with Crippen LogP contribution in [0.15, 0.2) is 42.5 Å². The van der Waals surface area contributed by atoms with Crippen molar-refractivity contribution in [1.29, 1.82) is 0 Å². The minimum absolute atomic E-state index is 0.0550. The highest BCUT2D eigenvalue weighted by Gasteiger charge is 2.12. The van der Waals surface area contributed by atoms with E-state index in [2.05, 4.69) is 10.6 Å².